The zero-order valence-electron chi connectivity index (χ0n) is 12.8. The fourth-order valence-corrected chi connectivity index (χ4v) is 2.39. The second kappa shape index (κ2) is 7.94. The quantitative estimate of drug-likeness (QED) is 0.808. The van der Waals surface area contributed by atoms with Crippen LogP contribution in [0.5, 0.6) is 0 Å². The summed E-state index contributed by atoms with van der Waals surface area (Å²) < 4.78 is 0.972. The van der Waals surface area contributed by atoms with Crippen molar-refractivity contribution < 1.29 is 4.79 Å². The maximum atomic E-state index is 12.0. The van der Waals surface area contributed by atoms with Gasteiger partial charge in [-0.1, -0.05) is 35.0 Å². The summed E-state index contributed by atoms with van der Waals surface area (Å²) in [6.07, 6.45) is 3.04. The van der Waals surface area contributed by atoms with E-state index in [1.807, 2.05) is 36.4 Å². The Bertz CT molecular complexity index is 628. The molecule has 0 bridgehead atoms. The van der Waals surface area contributed by atoms with E-state index in [4.69, 9.17) is 0 Å². The number of nitrogens with one attached hydrogen (secondary N) is 2. The Morgan fingerprint density at radius 1 is 1.32 bits per heavy atom. The Hall–Kier alpha value is -1.88. The fourth-order valence-electron chi connectivity index (χ4n) is 1.95. The average Bonchev–Trinajstić information content (AvgIpc) is 2.49. The van der Waals surface area contributed by atoms with Crippen LogP contribution in [0, 0.1) is 0 Å². The van der Waals surface area contributed by atoms with Crippen LogP contribution in [-0.4, -0.2) is 16.9 Å². The summed E-state index contributed by atoms with van der Waals surface area (Å²) >= 11 is 3.40. The molecule has 0 aliphatic heterocycles. The molecule has 1 amide bonds. The third-order valence-electron chi connectivity index (χ3n) is 3.31. The average molecular weight is 362 g/mol. The maximum Gasteiger partial charge on any atom is 0.228 e. The zero-order valence-corrected chi connectivity index (χ0v) is 14.4. The van der Waals surface area contributed by atoms with E-state index >= 15 is 0 Å². The molecule has 1 unspecified atom stereocenters. The molecule has 2 rings (SSSR count). The highest BCUT2D eigenvalue weighted by molar-refractivity contribution is 9.10. The van der Waals surface area contributed by atoms with Gasteiger partial charge in [-0.15, -0.1) is 0 Å². The molecule has 1 aromatic carbocycles. The van der Waals surface area contributed by atoms with E-state index in [0.717, 1.165) is 22.3 Å². The Morgan fingerprint density at radius 3 is 2.77 bits per heavy atom. The van der Waals surface area contributed by atoms with Crippen molar-refractivity contribution in [2.24, 2.45) is 0 Å². The normalized spacial score (nSPS) is 11.8. The van der Waals surface area contributed by atoms with Crippen molar-refractivity contribution in [2.75, 3.05) is 10.6 Å². The van der Waals surface area contributed by atoms with Gasteiger partial charge in [0.2, 0.25) is 5.91 Å². The molecule has 2 aromatic rings. The van der Waals surface area contributed by atoms with Gasteiger partial charge in [-0.2, -0.15) is 0 Å². The highest BCUT2D eigenvalue weighted by atomic mass is 79.9. The molecule has 0 radical (unpaired) electrons. The van der Waals surface area contributed by atoms with Gasteiger partial charge in [0.05, 0.1) is 18.3 Å². The predicted molar refractivity (Wildman–Crippen MR) is 94.1 cm³/mol. The van der Waals surface area contributed by atoms with Crippen molar-refractivity contribution in [1.82, 2.24) is 4.98 Å². The molecule has 0 fully saturated rings. The molecule has 4 nitrogen and oxygen atoms in total. The van der Waals surface area contributed by atoms with Gasteiger partial charge in [-0.25, -0.2) is 4.98 Å². The molecule has 22 heavy (non-hydrogen) atoms. The molecule has 1 atom stereocenters. The van der Waals surface area contributed by atoms with E-state index in [1.54, 1.807) is 6.20 Å². The molecule has 0 aliphatic rings. The lowest BCUT2D eigenvalue weighted by Crippen LogP contribution is -2.16. The largest absolute Gasteiger partial charge is 0.368 e. The van der Waals surface area contributed by atoms with Crippen LogP contribution in [-0.2, 0) is 11.2 Å². The Kier molecular flexibility index (Phi) is 5.95. The summed E-state index contributed by atoms with van der Waals surface area (Å²) in [5, 5.41) is 6.15. The number of anilines is 2. The SMILES string of the molecule is CCC(C)Nc1ccc(NC(=O)Cc2cccc(Br)c2)cn1. The van der Waals surface area contributed by atoms with Crippen LogP contribution in [0.25, 0.3) is 0 Å². The minimum absolute atomic E-state index is 0.0532. The highest BCUT2D eigenvalue weighted by Gasteiger charge is 2.06. The van der Waals surface area contributed by atoms with Crippen molar-refractivity contribution >= 4 is 33.3 Å². The van der Waals surface area contributed by atoms with E-state index < -0.39 is 0 Å². The number of amides is 1. The number of aromatic nitrogens is 1. The highest BCUT2D eigenvalue weighted by Crippen LogP contribution is 2.14. The van der Waals surface area contributed by atoms with Gasteiger partial charge in [0, 0.05) is 10.5 Å². The first-order valence-corrected chi connectivity index (χ1v) is 8.13. The number of rotatable bonds is 6. The summed E-state index contributed by atoms with van der Waals surface area (Å²) in [5.74, 6) is 0.766. The van der Waals surface area contributed by atoms with Crippen LogP contribution < -0.4 is 10.6 Å². The third kappa shape index (κ3) is 5.15. The lowest BCUT2D eigenvalue weighted by molar-refractivity contribution is -0.115. The number of hydrogen-bond acceptors (Lipinski definition) is 3. The maximum absolute atomic E-state index is 12.0. The summed E-state index contributed by atoms with van der Waals surface area (Å²) in [7, 11) is 0. The molecule has 1 aromatic heterocycles. The van der Waals surface area contributed by atoms with Gasteiger partial charge in [0.15, 0.2) is 0 Å². The van der Waals surface area contributed by atoms with Crippen molar-refractivity contribution in [3.63, 3.8) is 0 Å². The van der Waals surface area contributed by atoms with Crippen molar-refractivity contribution in [3.8, 4) is 0 Å². The molecule has 5 heteroatoms. The van der Waals surface area contributed by atoms with Crippen LogP contribution >= 0.6 is 15.9 Å². The number of carbonyl (C=O) groups is 1. The summed E-state index contributed by atoms with van der Waals surface area (Å²) in [6, 6.07) is 11.8. The molecule has 1 heterocycles. The van der Waals surface area contributed by atoms with Gasteiger partial charge in [-0.3, -0.25) is 4.79 Å². The lowest BCUT2D eigenvalue weighted by Gasteiger charge is -2.12. The van der Waals surface area contributed by atoms with Crippen molar-refractivity contribution in [2.45, 2.75) is 32.7 Å². The smallest absolute Gasteiger partial charge is 0.228 e. The van der Waals surface area contributed by atoms with E-state index in [2.05, 4.69) is 45.4 Å². The van der Waals surface area contributed by atoms with Crippen molar-refractivity contribution in [1.29, 1.82) is 0 Å². The lowest BCUT2D eigenvalue weighted by atomic mass is 10.1. The minimum atomic E-state index is -0.0532. The van der Waals surface area contributed by atoms with Gasteiger partial charge in [0.25, 0.3) is 0 Å². The Morgan fingerprint density at radius 2 is 2.14 bits per heavy atom. The number of benzene rings is 1. The van der Waals surface area contributed by atoms with Crippen LogP contribution in [0.3, 0.4) is 0 Å². The molecular weight excluding hydrogens is 342 g/mol. The topological polar surface area (TPSA) is 54.0 Å². The monoisotopic (exact) mass is 361 g/mol. The number of halogens is 1. The van der Waals surface area contributed by atoms with Crippen molar-refractivity contribution in [3.05, 3.63) is 52.6 Å². The summed E-state index contributed by atoms with van der Waals surface area (Å²) in [4.78, 5) is 16.3. The Balaban J connectivity index is 1.91. The van der Waals surface area contributed by atoms with E-state index in [-0.39, 0.29) is 5.91 Å². The third-order valence-corrected chi connectivity index (χ3v) is 3.80. The number of pyridine rings is 1. The van der Waals surface area contributed by atoms with Gasteiger partial charge in [0.1, 0.15) is 5.82 Å². The molecule has 2 N–H and O–H groups in total. The van der Waals surface area contributed by atoms with E-state index in [9.17, 15) is 4.79 Å². The number of carbonyl (C=O) groups excluding carboxylic acids is 1. The van der Waals surface area contributed by atoms with Crippen LogP contribution in [0.1, 0.15) is 25.8 Å². The number of hydrogen-bond donors (Lipinski definition) is 2. The summed E-state index contributed by atoms with van der Waals surface area (Å²) in [6.45, 7) is 4.23. The fraction of sp³-hybridized carbons (Fsp3) is 0.294. The molecular formula is C17H20BrN3O. The first-order chi connectivity index (χ1) is 10.6. The van der Waals surface area contributed by atoms with Gasteiger partial charge in [-0.05, 0) is 43.2 Å². The molecule has 0 spiro atoms. The summed E-state index contributed by atoms with van der Waals surface area (Å²) in [5.41, 5.74) is 1.67. The molecule has 0 saturated heterocycles. The minimum Gasteiger partial charge on any atom is -0.368 e. The van der Waals surface area contributed by atoms with Crippen LogP contribution in [0.4, 0.5) is 11.5 Å². The predicted octanol–water partition coefficient (Wildman–Crippen LogP) is 4.24. The first kappa shape index (κ1) is 16.5. The van der Waals surface area contributed by atoms with Crippen LogP contribution in [0.2, 0.25) is 0 Å². The molecule has 0 aliphatic carbocycles. The van der Waals surface area contributed by atoms with Crippen LogP contribution in [0.15, 0.2) is 47.1 Å². The number of nitrogens with zero attached hydrogens (tertiary/aromatic N) is 1. The van der Waals surface area contributed by atoms with Gasteiger partial charge < -0.3 is 10.6 Å². The van der Waals surface area contributed by atoms with Gasteiger partial charge >= 0.3 is 0 Å². The Labute approximate surface area is 139 Å². The van der Waals surface area contributed by atoms with E-state index in [1.165, 1.54) is 0 Å². The second-order valence-electron chi connectivity index (χ2n) is 5.24. The second-order valence-corrected chi connectivity index (χ2v) is 6.16. The molecule has 0 saturated carbocycles. The van der Waals surface area contributed by atoms with E-state index in [0.29, 0.717) is 18.2 Å². The molecule has 116 valence electrons. The first-order valence-electron chi connectivity index (χ1n) is 7.33. The standard InChI is InChI=1S/C17H20BrN3O/c1-3-12(2)20-16-8-7-15(11-19-16)21-17(22)10-13-5-4-6-14(18)9-13/h4-9,11-12H,3,10H2,1-2H3,(H,19,20)(H,21,22). The zero-order chi connectivity index (χ0) is 15.9.